The van der Waals surface area contributed by atoms with Crippen LogP contribution in [0.1, 0.15) is 0 Å². The van der Waals surface area contributed by atoms with E-state index in [-0.39, 0.29) is 0 Å². The fourth-order valence-corrected chi connectivity index (χ4v) is 2.62. The molecule has 0 aromatic heterocycles. The Morgan fingerprint density at radius 3 is 0.778 bits per heavy atom. The Labute approximate surface area is 162 Å². The van der Waals surface area contributed by atoms with Crippen LogP contribution >= 0.6 is 0 Å². The average Bonchev–Trinajstić information content (AvgIpc) is 2.67. The van der Waals surface area contributed by atoms with E-state index in [1.807, 2.05) is 32.9 Å². The minimum atomic E-state index is 0.389. The molecule has 9 nitrogen and oxygen atoms in total. The van der Waals surface area contributed by atoms with E-state index in [0.717, 1.165) is 17.1 Å². The van der Waals surface area contributed by atoms with Crippen LogP contribution in [0.3, 0.4) is 0 Å². The van der Waals surface area contributed by atoms with Gasteiger partial charge in [0.2, 0.25) is 0 Å². The van der Waals surface area contributed by atoms with Crippen molar-refractivity contribution in [3.8, 4) is 0 Å². The van der Waals surface area contributed by atoms with Crippen molar-refractivity contribution in [3.05, 3.63) is 18.2 Å². The number of hydrogen-bond donors (Lipinski definition) is 0. The molecule has 0 atom stereocenters. The molecule has 0 fully saturated rings. The number of nitrogens with zero attached hydrogens (tertiary/aromatic N) is 3. The fourth-order valence-electron chi connectivity index (χ4n) is 2.62. The van der Waals surface area contributed by atoms with Gasteiger partial charge < -0.3 is 43.1 Å². The van der Waals surface area contributed by atoms with Crippen molar-refractivity contribution in [2.45, 2.75) is 0 Å². The molecule has 0 aliphatic heterocycles. The van der Waals surface area contributed by atoms with Gasteiger partial charge in [-0.2, -0.15) is 0 Å². The van der Waals surface area contributed by atoms with Crippen LogP contribution in [-0.2, 0) is 28.4 Å². The Hall–Kier alpha value is -1.62. The Balaban J connectivity index is 3.38. The molecule has 0 amide bonds. The Morgan fingerprint density at radius 1 is 0.444 bits per heavy atom. The summed E-state index contributed by atoms with van der Waals surface area (Å²) in [6, 6.07) is 6.12. The molecular formula is C18H33N3O6. The number of rotatable bonds is 15. The van der Waals surface area contributed by atoms with Crippen LogP contribution in [-0.4, -0.2) is 83.0 Å². The molecule has 0 heterocycles. The molecule has 156 valence electrons. The first-order chi connectivity index (χ1) is 13.1. The molecule has 9 heteroatoms. The van der Waals surface area contributed by atoms with Crippen LogP contribution in [0.25, 0.3) is 0 Å². The van der Waals surface area contributed by atoms with Gasteiger partial charge in [-0.15, -0.1) is 0 Å². The van der Waals surface area contributed by atoms with E-state index in [1.165, 1.54) is 0 Å². The molecule has 0 radical (unpaired) electrons. The predicted octanol–water partition coefficient (Wildman–Crippen LogP) is 1.73. The first-order valence-electron chi connectivity index (χ1n) is 8.48. The lowest BCUT2D eigenvalue weighted by molar-refractivity contribution is 0.138. The van der Waals surface area contributed by atoms with Gasteiger partial charge >= 0.3 is 0 Å². The van der Waals surface area contributed by atoms with Gasteiger partial charge in [-0.3, -0.25) is 0 Å². The summed E-state index contributed by atoms with van der Waals surface area (Å²) in [5.74, 6) is 0. The molecule has 1 aromatic rings. The highest BCUT2D eigenvalue weighted by molar-refractivity contribution is 5.69. The summed E-state index contributed by atoms with van der Waals surface area (Å²) in [5.41, 5.74) is 2.79. The molecule has 27 heavy (non-hydrogen) atoms. The number of benzene rings is 1. The minimum absolute atomic E-state index is 0.389. The highest BCUT2D eigenvalue weighted by Crippen LogP contribution is 2.30. The van der Waals surface area contributed by atoms with Crippen molar-refractivity contribution in [1.29, 1.82) is 0 Å². The van der Waals surface area contributed by atoms with Crippen molar-refractivity contribution in [1.82, 2.24) is 0 Å². The fraction of sp³-hybridized carbons (Fsp3) is 0.667. The van der Waals surface area contributed by atoms with Crippen LogP contribution in [0.15, 0.2) is 18.2 Å². The monoisotopic (exact) mass is 387 g/mol. The highest BCUT2D eigenvalue weighted by Gasteiger charge is 2.16. The highest BCUT2D eigenvalue weighted by atomic mass is 16.5. The Bertz CT molecular complexity index is 418. The lowest BCUT2D eigenvalue weighted by Crippen LogP contribution is -2.32. The van der Waals surface area contributed by atoms with E-state index in [0.29, 0.717) is 40.4 Å². The molecule has 0 aliphatic carbocycles. The summed E-state index contributed by atoms with van der Waals surface area (Å²) in [6.45, 7) is 2.33. The third-order valence-electron chi connectivity index (χ3n) is 3.69. The molecule has 0 bridgehead atoms. The molecule has 0 unspecified atom stereocenters. The van der Waals surface area contributed by atoms with Crippen LogP contribution < -0.4 is 14.7 Å². The Kier molecular flexibility index (Phi) is 11.7. The van der Waals surface area contributed by atoms with E-state index < -0.39 is 0 Å². The first-order valence-corrected chi connectivity index (χ1v) is 8.48. The van der Waals surface area contributed by atoms with Crippen molar-refractivity contribution in [2.75, 3.05) is 97.7 Å². The molecular weight excluding hydrogens is 354 g/mol. The van der Waals surface area contributed by atoms with Crippen molar-refractivity contribution >= 4 is 17.1 Å². The van der Waals surface area contributed by atoms with Gasteiger partial charge in [0.1, 0.15) is 40.4 Å². The van der Waals surface area contributed by atoms with E-state index in [2.05, 4.69) is 0 Å². The third-order valence-corrected chi connectivity index (χ3v) is 3.69. The molecule has 0 N–H and O–H groups in total. The van der Waals surface area contributed by atoms with Crippen LogP contribution in [0.5, 0.6) is 0 Å². The zero-order valence-corrected chi connectivity index (χ0v) is 17.3. The van der Waals surface area contributed by atoms with Gasteiger partial charge in [0.25, 0.3) is 0 Å². The summed E-state index contributed by atoms with van der Waals surface area (Å²) in [5, 5.41) is 0. The number of hydrogen-bond acceptors (Lipinski definition) is 9. The quantitative estimate of drug-likeness (QED) is 0.419. The minimum Gasteiger partial charge on any atom is -0.364 e. The van der Waals surface area contributed by atoms with E-state index in [4.69, 9.17) is 28.4 Å². The van der Waals surface area contributed by atoms with Gasteiger partial charge in [-0.05, 0) is 18.2 Å². The maximum absolute atomic E-state index is 5.32. The second kappa shape index (κ2) is 13.5. The van der Waals surface area contributed by atoms with Gasteiger partial charge in [-0.25, -0.2) is 0 Å². The standard InChI is InChI=1S/C18H33N3O6/c1-22-10-19(11-23-2)16-7-17(20(12-24-3)13-25-4)9-18(8-16)21(14-26-5)15-27-6/h7-9H,10-15H2,1-6H3. The number of methoxy groups -OCH3 is 6. The summed E-state index contributed by atoms with van der Waals surface area (Å²) in [6.07, 6.45) is 0. The maximum atomic E-state index is 5.32. The van der Waals surface area contributed by atoms with Gasteiger partial charge in [-0.1, -0.05) is 0 Å². The normalized spacial score (nSPS) is 10.9. The van der Waals surface area contributed by atoms with Crippen LogP contribution in [0.2, 0.25) is 0 Å². The summed E-state index contributed by atoms with van der Waals surface area (Å²) < 4.78 is 31.9. The molecule has 0 saturated heterocycles. The van der Waals surface area contributed by atoms with E-state index >= 15 is 0 Å². The van der Waals surface area contributed by atoms with Crippen molar-refractivity contribution < 1.29 is 28.4 Å². The van der Waals surface area contributed by atoms with Gasteiger partial charge in [0.15, 0.2) is 0 Å². The molecule has 1 rings (SSSR count). The van der Waals surface area contributed by atoms with Crippen molar-refractivity contribution in [2.24, 2.45) is 0 Å². The molecule has 1 aromatic carbocycles. The van der Waals surface area contributed by atoms with E-state index in [1.54, 1.807) is 42.7 Å². The summed E-state index contributed by atoms with van der Waals surface area (Å²) in [7, 11) is 9.90. The smallest absolute Gasteiger partial charge is 0.120 e. The number of ether oxygens (including phenoxy) is 6. The summed E-state index contributed by atoms with van der Waals surface area (Å²) >= 11 is 0. The van der Waals surface area contributed by atoms with Crippen LogP contribution in [0.4, 0.5) is 17.1 Å². The second-order valence-corrected chi connectivity index (χ2v) is 5.83. The van der Waals surface area contributed by atoms with Gasteiger partial charge in [0.05, 0.1) is 0 Å². The van der Waals surface area contributed by atoms with Crippen LogP contribution in [0, 0.1) is 0 Å². The average molecular weight is 387 g/mol. The molecule has 0 saturated carbocycles. The lowest BCUT2D eigenvalue weighted by Gasteiger charge is -2.30. The lowest BCUT2D eigenvalue weighted by atomic mass is 10.2. The zero-order valence-electron chi connectivity index (χ0n) is 17.3. The zero-order chi connectivity index (χ0) is 20.1. The maximum Gasteiger partial charge on any atom is 0.120 e. The Morgan fingerprint density at radius 2 is 0.630 bits per heavy atom. The largest absolute Gasteiger partial charge is 0.364 e. The molecule has 0 aliphatic rings. The SMILES string of the molecule is COCN(COC)c1cc(N(COC)COC)cc(N(COC)COC)c1. The van der Waals surface area contributed by atoms with Gasteiger partial charge in [0, 0.05) is 59.7 Å². The predicted molar refractivity (Wildman–Crippen MR) is 105 cm³/mol. The van der Waals surface area contributed by atoms with Crippen molar-refractivity contribution in [3.63, 3.8) is 0 Å². The van der Waals surface area contributed by atoms with E-state index in [9.17, 15) is 0 Å². The summed E-state index contributed by atoms with van der Waals surface area (Å²) in [4.78, 5) is 5.92. The third kappa shape index (κ3) is 7.49. The topological polar surface area (TPSA) is 65.1 Å². The molecule has 0 spiro atoms. The second-order valence-electron chi connectivity index (χ2n) is 5.83. The first kappa shape index (κ1) is 23.4. The number of anilines is 3.